The van der Waals surface area contributed by atoms with Crippen LogP contribution in [0.2, 0.25) is 0 Å². The van der Waals surface area contributed by atoms with Gasteiger partial charge in [-0.2, -0.15) is 3.89 Å². The minimum atomic E-state index is -1.21. The zero-order valence-electron chi connectivity index (χ0n) is 21.8. The maximum absolute atomic E-state index is 13.1. The van der Waals surface area contributed by atoms with E-state index in [1.165, 1.54) is 6.42 Å². The Balaban J connectivity index is 1.72. The lowest BCUT2D eigenvalue weighted by molar-refractivity contribution is 0.0684. The van der Waals surface area contributed by atoms with Gasteiger partial charge in [0.15, 0.2) is 11.5 Å². The van der Waals surface area contributed by atoms with Crippen LogP contribution in [-0.4, -0.2) is 43.7 Å². The van der Waals surface area contributed by atoms with Crippen LogP contribution in [0.15, 0.2) is 41.3 Å². The summed E-state index contributed by atoms with van der Waals surface area (Å²) in [4.78, 5) is 26.0. The van der Waals surface area contributed by atoms with Crippen molar-refractivity contribution in [3.63, 3.8) is 0 Å². The number of fused-ring (bicyclic) bond motifs is 1. The van der Waals surface area contributed by atoms with Gasteiger partial charge in [-0.3, -0.25) is 0 Å². The molecule has 4 aromatic rings. The van der Waals surface area contributed by atoms with Crippen LogP contribution in [0.25, 0.3) is 22.6 Å². The highest BCUT2D eigenvalue weighted by Crippen LogP contribution is 2.36. The number of halogens is 1. The Hall–Kier alpha value is -3.66. The first kappa shape index (κ1) is 26.0. The van der Waals surface area contributed by atoms with Gasteiger partial charge in [-0.1, -0.05) is 18.6 Å². The van der Waals surface area contributed by atoms with E-state index in [-0.39, 0.29) is 24.0 Å². The summed E-state index contributed by atoms with van der Waals surface area (Å²) in [6.45, 7) is 6.47. The van der Waals surface area contributed by atoms with Crippen LogP contribution < -0.4 is 10.1 Å². The molecule has 10 heteroatoms. The molecule has 0 bridgehead atoms. The number of carboxylic acid groups (broad SMARTS) is 1. The molecule has 0 amide bonds. The van der Waals surface area contributed by atoms with Gasteiger partial charge in [0.1, 0.15) is 17.1 Å². The molecule has 38 heavy (non-hydrogen) atoms. The van der Waals surface area contributed by atoms with Gasteiger partial charge in [-0.25, -0.2) is 19.7 Å². The van der Waals surface area contributed by atoms with Crippen LogP contribution in [0.5, 0.6) is 5.75 Å². The summed E-state index contributed by atoms with van der Waals surface area (Å²) in [5.74, 6) is 0.876. The molecule has 1 aliphatic carbocycles. The van der Waals surface area contributed by atoms with Crippen molar-refractivity contribution in [2.45, 2.75) is 57.5 Å². The highest BCUT2D eigenvalue weighted by molar-refractivity contribution is 7.94. The van der Waals surface area contributed by atoms with Gasteiger partial charge in [-0.05, 0) is 80.5 Å². The Morgan fingerprint density at radius 2 is 1.87 bits per heavy atom. The van der Waals surface area contributed by atoms with Crippen molar-refractivity contribution < 1.29 is 18.5 Å². The van der Waals surface area contributed by atoms with Gasteiger partial charge >= 0.3 is 5.97 Å². The molecule has 1 unspecified atom stereocenters. The monoisotopic (exact) mass is 535 g/mol. The van der Waals surface area contributed by atoms with Crippen molar-refractivity contribution in [2.24, 2.45) is 5.92 Å². The van der Waals surface area contributed by atoms with Crippen molar-refractivity contribution in [3.05, 3.63) is 58.9 Å². The largest absolute Gasteiger partial charge is 0.496 e. The van der Waals surface area contributed by atoms with E-state index in [0.29, 0.717) is 40.2 Å². The minimum absolute atomic E-state index is 0.113. The Kier molecular flexibility index (Phi) is 7.25. The molecule has 2 N–H and O–H groups in total. The number of anilines is 1. The molecule has 1 saturated carbocycles. The Morgan fingerprint density at radius 1 is 1.18 bits per heavy atom. The maximum atomic E-state index is 13.1. The first-order valence-corrected chi connectivity index (χ1v) is 13.3. The second-order valence-electron chi connectivity index (χ2n) is 9.88. The number of methoxy groups -OCH3 is 1. The lowest BCUT2D eigenvalue weighted by Crippen LogP contribution is -2.31. The Labute approximate surface area is 225 Å². The molecule has 1 fully saturated rings. The van der Waals surface area contributed by atoms with Crippen LogP contribution in [0.3, 0.4) is 0 Å². The molecule has 2 heterocycles. The number of carboxylic acids is 1. The minimum Gasteiger partial charge on any atom is -0.496 e. The van der Waals surface area contributed by atoms with Crippen LogP contribution in [0.4, 0.5) is 9.70 Å². The summed E-state index contributed by atoms with van der Waals surface area (Å²) >= 11 is 0.202. The van der Waals surface area contributed by atoms with Crippen LogP contribution in [0.1, 0.15) is 53.5 Å². The third kappa shape index (κ3) is 4.92. The average molecular weight is 536 g/mol. The number of aromatic nitrogens is 4. The van der Waals surface area contributed by atoms with Gasteiger partial charge in [-0.15, -0.1) is 0 Å². The fraction of sp³-hybridized carbons (Fsp3) is 0.357. The molecule has 2 aromatic carbocycles. The predicted octanol–water partition coefficient (Wildman–Crippen LogP) is 6.44. The lowest BCUT2D eigenvalue weighted by atomic mass is 9.80. The van der Waals surface area contributed by atoms with Crippen molar-refractivity contribution in [3.8, 4) is 17.1 Å². The fourth-order valence-corrected chi connectivity index (χ4v) is 5.35. The standard InChI is InChI=1S/C28H30FN5O3S/c1-15-12-20(13-16(2)23(15)37-4)27-33-25-22(34(27)14-18-8-10-21(38-29)11-9-18)24(31-26(32-25)28(35)36)30-17(3)19-6-5-7-19/h8-13,17,19H,5-7,14H2,1-4H3,(H,35,36)(H,30,31,32). The molecule has 2 aromatic heterocycles. The third-order valence-electron chi connectivity index (χ3n) is 7.29. The SMILES string of the molecule is COc1c(C)cc(-c2nc3nc(C(=O)O)nc(NC(C)C4CCC4)c3n2Cc2ccc(SF)cc2)cc1C. The molecule has 1 aliphatic rings. The molecule has 0 saturated heterocycles. The normalized spacial score (nSPS) is 14.3. The van der Waals surface area contributed by atoms with Crippen molar-refractivity contribution in [1.29, 1.82) is 0 Å². The fourth-order valence-electron chi connectivity index (χ4n) is 5.11. The third-order valence-corrected chi connectivity index (χ3v) is 7.74. The van der Waals surface area contributed by atoms with Crippen LogP contribution in [-0.2, 0) is 6.54 Å². The molecule has 0 radical (unpaired) electrons. The second-order valence-corrected chi connectivity index (χ2v) is 10.5. The maximum Gasteiger partial charge on any atom is 0.374 e. The molecular formula is C28H30FN5O3S. The molecule has 198 valence electrons. The van der Waals surface area contributed by atoms with E-state index in [0.717, 1.165) is 40.8 Å². The molecule has 0 spiro atoms. The van der Waals surface area contributed by atoms with E-state index in [1.54, 1.807) is 19.2 Å². The summed E-state index contributed by atoms with van der Waals surface area (Å²) in [5.41, 5.74) is 4.64. The molecule has 5 rings (SSSR count). The van der Waals surface area contributed by atoms with E-state index in [1.807, 2.05) is 42.7 Å². The lowest BCUT2D eigenvalue weighted by Gasteiger charge is -2.32. The van der Waals surface area contributed by atoms with E-state index >= 15 is 0 Å². The highest BCUT2D eigenvalue weighted by Gasteiger charge is 2.27. The number of aryl methyl sites for hydroxylation is 2. The number of nitrogens with one attached hydrogen (secondary N) is 1. The topological polar surface area (TPSA) is 102 Å². The number of hydrogen-bond acceptors (Lipinski definition) is 7. The van der Waals surface area contributed by atoms with E-state index in [2.05, 4.69) is 22.2 Å². The Bertz CT molecular complexity index is 1480. The smallest absolute Gasteiger partial charge is 0.374 e. The van der Waals surface area contributed by atoms with Crippen LogP contribution >= 0.6 is 12.1 Å². The first-order chi connectivity index (χ1) is 18.3. The number of ether oxygens (including phenoxy) is 1. The number of hydrogen-bond donors (Lipinski definition) is 2. The zero-order chi connectivity index (χ0) is 27.0. The van der Waals surface area contributed by atoms with Gasteiger partial charge < -0.3 is 19.7 Å². The van der Waals surface area contributed by atoms with Crippen LogP contribution in [0, 0.1) is 19.8 Å². The number of imidazole rings is 1. The summed E-state index contributed by atoms with van der Waals surface area (Å²) in [7, 11) is 1.65. The van der Waals surface area contributed by atoms with Crippen molar-refractivity contribution in [1.82, 2.24) is 19.5 Å². The quantitative estimate of drug-likeness (QED) is 0.252. The predicted molar refractivity (Wildman–Crippen MR) is 147 cm³/mol. The summed E-state index contributed by atoms with van der Waals surface area (Å²) < 4.78 is 20.6. The number of nitrogens with zero attached hydrogens (tertiary/aromatic N) is 4. The zero-order valence-corrected chi connectivity index (χ0v) is 22.6. The second kappa shape index (κ2) is 10.6. The van der Waals surface area contributed by atoms with E-state index < -0.39 is 5.97 Å². The van der Waals surface area contributed by atoms with E-state index in [4.69, 9.17) is 9.72 Å². The molecule has 1 atom stereocenters. The molecular weight excluding hydrogens is 505 g/mol. The van der Waals surface area contributed by atoms with Gasteiger partial charge in [0.2, 0.25) is 5.82 Å². The number of carbonyl (C=O) groups is 1. The van der Waals surface area contributed by atoms with E-state index in [9.17, 15) is 13.8 Å². The summed E-state index contributed by atoms with van der Waals surface area (Å²) in [5, 5.41) is 13.2. The Morgan fingerprint density at radius 3 is 2.42 bits per heavy atom. The van der Waals surface area contributed by atoms with Gasteiger partial charge in [0.05, 0.1) is 19.3 Å². The first-order valence-electron chi connectivity index (χ1n) is 12.6. The van der Waals surface area contributed by atoms with Gasteiger partial charge in [0, 0.05) is 23.0 Å². The summed E-state index contributed by atoms with van der Waals surface area (Å²) in [6, 6.07) is 11.3. The number of benzene rings is 2. The number of aromatic carboxylic acids is 1. The average Bonchev–Trinajstić information content (AvgIpc) is 3.21. The van der Waals surface area contributed by atoms with Crippen molar-refractivity contribution >= 4 is 35.1 Å². The van der Waals surface area contributed by atoms with Crippen molar-refractivity contribution in [2.75, 3.05) is 12.4 Å². The molecule has 8 nitrogen and oxygen atoms in total. The van der Waals surface area contributed by atoms with Gasteiger partial charge in [0.25, 0.3) is 0 Å². The summed E-state index contributed by atoms with van der Waals surface area (Å²) in [6.07, 6.45) is 3.45. The molecule has 0 aliphatic heterocycles. The number of rotatable bonds is 9. The highest BCUT2D eigenvalue weighted by atomic mass is 32.2.